The summed E-state index contributed by atoms with van der Waals surface area (Å²) in [4.78, 5) is 4.45. The van der Waals surface area contributed by atoms with Gasteiger partial charge in [-0.1, -0.05) is 68.4 Å². The zero-order valence-electron chi connectivity index (χ0n) is 14.1. The molecule has 1 saturated carbocycles. The number of aromatic nitrogens is 2. The Labute approximate surface area is 138 Å². The fourth-order valence-electron chi connectivity index (χ4n) is 2.82. The summed E-state index contributed by atoms with van der Waals surface area (Å²) < 4.78 is 5.30. The average molecular weight is 313 g/mol. The number of nitrogens with zero attached hydrogens (tertiary/aromatic N) is 2. The van der Waals surface area contributed by atoms with Crippen LogP contribution in [-0.2, 0) is 12.0 Å². The van der Waals surface area contributed by atoms with Crippen LogP contribution in [0.2, 0.25) is 0 Å². The highest BCUT2D eigenvalue weighted by atomic mass is 16.5. The van der Waals surface area contributed by atoms with Gasteiger partial charge in [0.25, 0.3) is 0 Å². The summed E-state index contributed by atoms with van der Waals surface area (Å²) in [5.74, 6) is 1.21. The van der Waals surface area contributed by atoms with E-state index in [1.54, 1.807) is 0 Å². The summed E-state index contributed by atoms with van der Waals surface area (Å²) in [6, 6.07) is 8.51. The third-order valence-electron chi connectivity index (χ3n) is 4.67. The van der Waals surface area contributed by atoms with Crippen molar-refractivity contribution in [3.05, 3.63) is 35.7 Å². The maximum atomic E-state index is 6.09. The molecule has 0 atom stereocenters. The zero-order chi connectivity index (χ0) is 16.1. The third kappa shape index (κ3) is 4.20. The van der Waals surface area contributed by atoms with Gasteiger partial charge in [0, 0.05) is 5.56 Å². The molecule has 1 aromatic carbocycles. The second-order valence-corrected chi connectivity index (χ2v) is 6.79. The number of aryl methyl sites for hydroxylation is 1. The summed E-state index contributed by atoms with van der Waals surface area (Å²) in [6.45, 7) is 2.26. The molecular weight excluding hydrogens is 286 g/mol. The zero-order valence-corrected chi connectivity index (χ0v) is 14.1. The quantitative estimate of drug-likeness (QED) is 0.688. The minimum atomic E-state index is -0.358. The Morgan fingerprint density at radius 2 is 1.74 bits per heavy atom. The molecule has 0 spiro atoms. The molecule has 4 nitrogen and oxygen atoms in total. The molecule has 23 heavy (non-hydrogen) atoms. The van der Waals surface area contributed by atoms with Crippen LogP contribution in [0.4, 0.5) is 0 Å². The third-order valence-corrected chi connectivity index (χ3v) is 4.67. The first-order chi connectivity index (χ1) is 11.2. The van der Waals surface area contributed by atoms with Crippen LogP contribution >= 0.6 is 0 Å². The predicted molar refractivity (Wildman–Crippen MR) is 91.9 cm³/mol. The van der Waals surface area contributed by atoms with Crippen LogP contribution in [0.15, 0.2) is 28.8 Å². The highest BCUT2D eigenvalue weighted by Gasteiger charge is 2.45. The van der Waals surface area contributed by atoms with Gasteiger partial charge >= 0.3 is 0 Å². The SMILES string of the molecule is CCCCCCCCc1ccc(-c2noc(C3(N)CC3)n2)cc1. The maximum Gasteiger partial charge on any atom is 0.247 e. The first-order valence-corrected chi connectivity index (χ1v) is 8.94. The summed E-state index contributed by atoms with van der Waals surface area (Å²) in [6.07, 6.45) is 11.0. The van der Waals surface area contributed by atoms with Gasteiger partial charge in [-0.3, -0.25) is 0 Å². The van der Waals surface area contributed by atoms with E-state index in [1.165, 1.54) is 44.1 Å². The van der Waals surface area contributed by atoms with Crippen molar-refractivity contribution in [2.45, 2.75) is 70.3 Å². The molecule has 124 valence electrons. The molecule has 1 aliphatic rings. The van der Waals surface area contributed by atoms with Gasteiger partial charge in [0.15, 0.2) is 0 Å². The maximum absolute atomic E-state index is 6.09. The molecule has 3 rings (SSSR count). The predicted octanol–water partition coefficient (Wildman–Crippen LogP) is 4.59. The Kier molecular flexibility index (Phi) is 5.11. The number of benzene rings is 1. The van der Waals surface area contributed by atoms with Crippen molar-refractivity contribution in [1.82, 2.24) is 10.1 Å². The molecule has 0 bridgehead atoms. The lowest BCUT2D eigenvalue weighted by molar-refractivity contribution is 0.348. The standard InChI is InChI=1S/C19H27N3O/c1-2-3-4-5-6-7-8-15-9-11-16(12-10-15)17-21-18(23-22-17)19(20)13-14-19/h9-12H,2-8,13-14,20H2,1H3. The minimum Gasteiger partial charge on any atom is -0.337 e. The van der Waals surface area contributed by atoms with E-state index in [4.69, 9.17) is 10.3 Å². The van der Waals surface area contributed by atoms with Crippen molar-refractivity contribution in [1.29, 1.82) is 0 Å². The van der Waals surface area contributed by atoms with Gasteiger partial charge in [0.2, 0.25) is 11.7 Å². The fourth-order valence-corrected chi connectivity index (χ4v) is 2.82. The molecule has 1 heterocycles. The lowest BCUT2D eigenvalue weighted by Gasteiger charge is -2.03. The highest BCUT2D eigenvalue weighted by molar-refractivity contribution is 5.54. The highest BCUT2D eigenvalue weighted by Crippen LogP contribution is 2.42. The van der Waals surface area contributed by atoms with Gasteiger partial charge in [-0.25, -0.2) is 0 Å². The van der Waals surface area contributed by atoms with Gasteiger partial charge < -0.3 is 10.3 Å². The molecule has 1 aliphatic carbocycles. The number of hydrogen-bond acceptors (Lipinski definition) is 4. The second-order valence-electron chi connectivity index (χ2n) is 6.79. The molecule has 1 aromatic heterocycles. The monoisotopic (exact) mass is 313 g/mol. The van der Waals surface area contributed by atoms with Crippen molar-refractivity contribution in [3.63, 3.8) is 0 Å². The van der Waals surface area contributed by atoms with Crippen LogP contribution in [-0.4, -0.2) is 10.1 Å². The summed E-state index contributed by atoms with van der Waals surface area (Å²) in [5, 5.41) is 4.06. The smallest absolute Gasteiger partial charge is 0.247 e. The number of hydrogen-bond donors (Lipinski definition) is 1. The normalized spacial score (nSPS) is 15.7. The van der Waals surface area contributed by atoms with Crippen molar-refractivity contribution in [2.24, 2.45) is 5.73 Å². The van der Waals surface area contributed by atoms with Crippen molar-refractivity contribution in [3.8, 4) is 11.4 Å². The second kappa shape index (κ2) is 7.26. The summed E-state index contributed by atoms with van der Waals surface area (Å²) >= 11 is 0. The van der Waals surface area contributed by atoms with Crippen LogP contribution in [0.25, 0.3) is 11.4 Å². The molecule has 0 radical (unpaired) electrons. The first kappa shape index (κ1) is 16.2. The van der Waals surface area contributed by atoms with Crippen molar-refractivity contribution < 1.29 is 4.52 Å². The Balaban J connectivity index is 1.50. The Bertz CT molecular complexity index is 614. The molecule has 2 aromatic rings. The van der Waals surface area contributed by atoms with E-state index in [9.17, 15) is 0 Å². The van der Waals surface area contributed by atoms with E-state index in [2.05, 4.69) is 41.3 Å². The molecule has 0 amide bonds. The van der Waals surface area contributed by atoms with Gasteiger partial charge in [-0.2, -0.15) is 4.98 Å². The minimum absolute atomic E-state index is 0.358. The summed E-state index contributed by atoms with van der Waals surface area (Å²) in [5.41, 5.74) is 8.10. The molecule has 0 aliphatic heterocycles. The largest absolute Gasteiger partial charge is 0.337 e. The van der Waals surface area contributed by atoms with Crippen LogP contribution < -0.4 is 5.73 Å². The van der Waals surface area contributed by atoms with Gasteiger partial charge in [0.1, 0.15) is 0 Å². The molecule has 0 saturated heterocycles. The lowest BCUT2D eigenvalue weighted by atomic mass is 10.0. The number of nitrogens with two attached hydrogens (primary N) is 1. The van der Waals surface area contributed by atoms with E-state index < -0.39 is 0 Å². The Morgan fingerprint density at radius 1 is 1.04 bits per heavy atom. The van der Waals surface area contributed by atoms with Crippen LogP contribution in [0.5, 0.6) is 0 Å². The van der Waals surface area contributed by atoms with Crippen LogP contribution in [0.3, 0.4) is 0 Å². The van der Waals surface area contributed by atoms with E-state index in [0.717, 1.165) is 24.8 Å². The van der Waals surface area contributed by atoms with E-state index in [0.29, 0.717) is 11.7 Å². The van der Waals surface area contributed by atoms with Crippen LogP contribution in [0.1, 0.15) is 69.7 Å². The van der Waals surface area contributed by atoms with Gasteiger partial charge in [0.05, 0.1) is 5.54 Å². The fraction of sp³-hybridized carbons (Fsp3) is 0.579. The summed E-state index contributed by atoms with van der Waals surface area (Å²) in [7, 11) is 0. The lowest BCUT2D eigenvalue weighted by Crippen LogP contribution is -2.18. The first-order valence-electron chi connectivity index (χ1n) is 8.94. The molecular formula is C19H27N3O. The molecule has 4 heteroatoms. The van der Waals surface area contributed by atoms with Crippen molar-refractivity contribution in [2.75, 3.05) is 0 Å². The Hall–Kier alpha value is -1.68. The number of unbranched alkanes of at least 4 members (excludes halogenated alkanes) is 5. The van der Waals surface area contributed by atoms with Crippen LogP contribution in [0, 0.1) is 0 Å². The van der Waals surface area contributed by atoms with Crippen molar-refractivity contribution >= 4 is 0 Å². The number of rotatable bonds is 9. The van der Waals surface area contributed by atoms with E-state index >= 15 is 0 Å². The van der Waals surface area contributed by atoms with E-state index in [1.807, 2.05) is 0 Å². The topological polar surface area (TPSA) is 64.9 Å². The van der Waals surface area contributed by atoms with Gasteiger partial charge in [-0.05, 0) is 31.2 Å². The van der Waals surface area contributed by atoms with E-state index in [-0.39, 0.29) is 5.54 Å². The molecule has 1 fully saturated rings. The Morgan fingerprint density at radius 3 is 2.43 bits per heavy atom. The molecule has 2 N–H and O–H groups in total. The molecule has 0 unspecified atom stereocenters. The van der Waals surface area contributed by atoms with Gasteiger partial charge in [-0.15, -0.1) is 0 Å². The average Bonchev–Trinajstić information content (AvgIpc) is 3.13.